The van der Waals surface area contributed by atoms with Crippen molar-refractivity contribution >= 4 is 0 Å². The van der Waals surface area contributed by atoms with E-state index < -0.39 is 0 Å². The lowest BCUT2D eigenvalue weighted by Gasteiger charge is -2.29. The van der Waals surface area contributed by atoms with Gasteiger partial charge in [-0.3, -0.25) is 0 Å². The van der Waals surface area contributed by atoms with Crippen LogP contribution in [0.1, 0.15) is 53.4 Å². The van der Waals surface area contributed by atoms with Crippen molar-refractivity contribution in [1.82, 2.24) is 10.2 Å². The molecular formula is C18H34N2. The molecule has 5 unspecified atom stereocenters. The summed E-state index contributed by atoms with van der Waals surface area (Å²) in [5.74, 6) is 2.65. The van der Waals surface area contributed by atoms with E-state index in [-0.39, 0.29) is 0 Å². The van der Waals surface area contributed by atoms with Crippen molar-refractivity contribution in [2.45, 2.75) is 65.5 Å². The van der Waals surface area contributed by atoms with Crippen LogP contribution in [0.15, 0.2) is 12.2 Å². The summed E-state index contributed by atoms with van der Waals surface area (Å²) in [6, 6.07) is 1.34. The zero-order chi connectivity index (χ0) is 14.5. The number of nitrogens with one attached hydrogen (secondary N) is 1. The highest BCUT2D eigenvalue weighted by molar-refractivity contribution is 5.11. The summed E-state index contributed by atoms with van der Waals surface area (Å²) in [7, 11) is 0. The fourth-order valence-electron chi connectivity index (χ4n) is 4.21. The fraction of sp³-hybridized carbons (Fsp3) is 0.889. The van der Waals surface area contributed by atoms with Crippen molar-refractivity contribution < 1.29 is 0 Å². The molecule has 0 amide bonds. The first-order valence-corrected chi connectivity index (χ1v) is 8.80. The van der Waals surface area contributed by atoms with Gasteiger partial charge in [0.25, 0.3) is 0 Å². The maximum Gasteiger partial charge on any atom is 0.00753 e. The minimum Gasteiger partial charge on any atom is -0.311 e. The molecule has 0 spiro atoms. The normalized spacial score (nSPS) is 31.1. The summed E-state index contributed by atoms with van der Waals surface area (Å²) in [4.78, 5) is 2.52. The van der Waals surface area contributed by atoms with Gasteiger partial charge in [0.05, 0.1) is 0 Å². The summed E-state index contributed by atoms with van der Waals surface area (Å²) in [6.07, 6.45) is 10.4. The summed E-state index contributed by atoms with van der Waals surface area (Å²) < 4.78 is 0. The number of nitrogens with zero attached hydrogens (tertiary/aromatic N) is 1. The molecule has 1 saturated carbocycles. The molecule has 20 heavy (non-hydrogen) atoms. The molecule has 2 aliphatic carbocycles. The van der Waals surface area contributed by atoms with Crippen molar-refractivity contribution in [3.8, 4) is 0 Å². The van der Waals surface area contributed by atoms with E-state index in [1.165, 1.54) is 45.3 Å². The maximum atomic E-state index is 3.86. The Morgan fingerprint density at radius 2 is 1.90 bits per heavy atom. The molecule has 2 rings (SSSR count). The molecule has 1 N–H and O–H groups in total. The third-order valence-corrected chi connectivity index (χ3v) is 5.53. The van der Waals surface area contributed by atoms with Gasteiger partial charge >= 0.3 is 0 Å². The van der Waals surface area contributed by atoms with Crippen LogP contribution in [0.2, 0.25) is 0 Å². The molecule has 1 fully saturated rings. The van der Waals surface area contributed by atoms with Gasteiger partial charge in [-0.05, 0) is 76.9 Å². The van der Waals surface area contributed by atoms with Crippen LogP contribution in [0.4, 0.5) is 0 Å². The van der Waals surface area contributed by atoms with E-state index in [2.05, 4.69) is 50.1 Å². The first-order valence-electron chi connectivity index (χ1n) is 8.80. The van der Waals surface area contributed by atoms with Crippen LogP contribution in [0, 0.1) is 17.8 Å². The van der Waals surface area contributed by atoms with Crippen molar-refractivity contribution in [3.63, 3.8) is 0 Å². The number of rotatable bonds is 9. The molecule has 0 aliphatic heterocycles. The molecule has 0 aromatic heterocycles. The Hall–Kier alpha value is -0.340. The molecule has 0 aromatic carbocycles. The van der Waals surface area contributed by atoms with E-state index >= 15 is 0 Å². The zero-order valence-corrected chi connectivity index (χ0v) is 13.9. The predicted octanol–water partition coefficient (Wildman–Crippen LogP) is 3.69. The summed E-state index contributed by atoms with van der Waals surface area (Å²) in [5, 5.41) is 3.86. The number of allylic oxidation sites excluding steroid dienone is 2. The van der Waals surface area contributed by atoms with E-state index in [1.807, 2.05) is 0 Å². The zero-order valence-electron chi connectivity index (χ0n) is 13.9. The van der Waals surface area contributed by atoms with Gasteiger partial charge in [0.15, 0.2) is 0 Å². The standard InChI is InChI=1S/C18H34N2/c1-5-20(6-2)11-7-8-14(3)19-15(4)18-13-16-9-10-17(18)12-16/h9-10,14-19H,5-8,11-13H2,1-4H3. The Bertz CT molecular complexity index is 309. The topological polar surface area (TPSA) is 15.3 Å². The lowest BCUT2D eigenvalue weighted by molar-refractivity contribution is 0.272. The molecule has 2 aliphatic rings. The van der Waals surface area contributed by atoms with E-state index in [0.717, 1.165) is 17.8 Å². The average molecular weight is 278 g/mol. The molecule has 2 nitrogen and oxygen atoms in total. The van der Waals surface area contributed by atoms with Crippen LogP contribution in [-0.4, -0.2) is 36.6 Å². The maximum absolute atomic E-state index is 3.86. The van der Waals surface area contributed by atoms with E-state index in [4.69, 9.17) is 0 Å². The van der Waals surface area contributed by atoms with Crippen molar-refractivity contribution in [2.75, 3.05) is 19.6 Å². The van der Waals surface area contributed by atoms with Crippen LogP contribution in [0.25, 0.3) is 0 Å². The molecule has 0 heterocycles. The fourth-order valence-corrected chi connectivity index (χ4v) is 4.21. The third kappa shape index (κ3) is 4.08. The number of hydrogen-bond acceptors (Lipinski definition) is 2. The summed E-state index contributed by atoms with van der Waals surface area (Å²) in [5.41, 5.74) is 0. The summed E-state index contributed by atoms with van der Waals surface area (Å²) in [6.45, 7) is 12.9. The number of hydrogen-bond donors (Lipinski definition) is 1. The molecule has 0 aromatic rings. The van der Waals surface area contributed by atoms with E-state index in [1.54, 1.807) is 0 Å². The van der Waals surface area contributed by atoms with Gasteiger partial charge in [0.1, 0.15) is 0 Å². The Balaban J connectivity index is 1.64. The van der Waals surface area contributed by atoms with Crippen molar-refractivity contribution in [2.24, 2.45) is 17.8 Å². The Kier molecular flexibility index (Phi) is 6.10. The van der Waals surface area contributed by atoms with Crippen molar-refractivity contribution in [3.05, 3.63) is 12.2 Å². The molecule has 116 valence electrons. The van der Waals surface area contributed by atoms with Crippen LogP contribution in [0.3, 0.4) is 0 Å². The minimum atomic E-state index is 0.656. The summed E-state index contributed by atoms with van der Waals surface area (Å²) >= 11 is 0. The number of fused-ring (bicyclic) bond motifs is 2. The highest BCUT2D eigenvalue weighted by atomic mass is 15.1. The van der Waals surface area contributed by atoms with Gasteiger partial charge in [-0.1, -0.05) is 26.0 Å². The van der Waals surface area contributed by atoms with Crippen LogP contribution < -0.4 is 5.32 Å². The van der Waals surface area contributed by atoms with Gasteiger partial charge in [-0.25, -0.2) is 0 Å². The quantitative estimate of drug-likeness (QED) is 0.647. The lowest BCUT2D eigenvalue weighted by Crippen LogP contribution is -2.41. The highest BCUT2D eigenvalue weighted by Gasteiger charge is 2.38. The van der Waals surface area contributed by atoms with Gasteiger partial charge in [-0.2, -0.15) is 0 Å². The van der Waals surface area contributed by atoms with Gasteiger partial charge in [0.2, 0.25) is 0 Å². The largest absolute Gasteiger partial charge is 0.311 e. The first kappa shape index (κ1) is 16.0. The van der Waals surface area contributed by atoms with Crippen LogP contribution in [0.5, 0.6) is 0 Å². The Morgan fingerprint density at radius 3 is 2.45 bits per heavy atom. The second-order valence-electron chi connectivity index (χ2n) is 6.97. The molecule has 2 bridgehead atoms. The third-order valence-electron chi connectivity index (χ3n) is 5.53. The van der Waals surface area contributed by atoms with Gasteiger partial charge in [-0.15, -0.1) is 0 Å². The second-order valence-corrected chi connectivity index (χ2v) is 6.97. The predicted molar refractivity (Wildman–Crippen MR) is 87.9 cm³/mol. The molecular weight excluding hydrogens is 244 g/mol. The monoisotopic (exact) mass is 278 g/mol. The van der Waals surface area contributed by atoms with Crippen LogP contribution in [-0.2, 0) is 0 Å². The minimum absolute atomic E-state index is 0.656. The Morgan fingerprint density at radius 1 is 1.15 bits per heavy atom. The molecule has 2 heteroatoms. The van der Waals surface area contributed by atoms with E-state index in [9.17, 15) is 0 Å². The van der Waals surface area contributed by atoms with Gasteiger partial charge < -0.3 is 10.2 Å². The smallest absolute Gasteiger partial charge is 0.00753 e. The second kappa shape index (κ2) is 7.61. The average Bonchev–Trinajstić information content (AvgIpc) is 3.06. The Labute approximate surface area is 126 Å². The van der Waals surface area contributed by atoms with Crippen molar-refractivity contribution in [1.29, 1.82) is 0 Å². The van der Waals surface area contributed by atoms with E-state index in [0.29, 0.717) is 12.1 Å². The molecule has 0 saturated heterocycles. The molecule has 5 atom stereocenters. The van der Waals surface area contributed by atoms with Crippen LogP contribution >= 0.6 is 0 Å². The first-order chi connectivity index (χ1) is 9.63. The molecule has 0 radical (unpaired) electrons. The highest BCUT2D eigenvalue weighted by Crippen LogP contribution is 2.44. The SMILES string of the molecule is CCN(CC)CCCC(C)NC(C)C1CC2C=CC1C2. The van der Waals surface area contributed by atoms with Gasteiger partial charge in [0, 0.05) is 12.1 Å². The lowest BCUT2D eigenvalue weighted by atomic mass is 9.87.